The Balaban J connectivity index is 1.23. The average Bonchev–Trinajstić information content (AvgIpc) is 3.57. The summed E-state index contributed by atoms with van der Waals surface area (Å²) >= 11 is 0. The molecule has 2 aromatic heterocycles. The molecule has 0 N–H and O–H groups in total. The highest BCUT2D eigenvalue weighted by Gasteiger charge is 2.20. The van der Waals surface area contributed by atoms with Crippen molar-refractivity contribution in [2.75, 3.05) is 0 Å². The van der Waals surface area contributed by atoms with Gasteiger partial charge in [0.2, 0.25) is 0 Å². The molecule has 10 aromatic rings. The van der Waals surface area contributed by atoms with E-state index in [1.807, 2.05) is 60.7 Å². The van der Waals surface area contributed by atoms with Crippen LogP contribution in [0.15, 0.2) is 180 Å². The molecule has 0 saturated carbocycles. The molecular weight excluding hydrogens is 623 g/mol. The number of rotatable bonds is 5. The molecule has 0 amide bonds. The number of fused-ring (bicyclic) bond motifs is 5. The van der Waals surface area contributed by atoms with Crippen LogP contribution in [0, 0.1) is 0 Å². The topological polar surface area (TPSA) is 51.8 Å². The normalized spacial score (nSPS) is 11.5. The van der Waals surface area contributed by atoms with Gasteiger partial charge in [0.15, 0.2) is 17.5 Å². The average molecular weight is 652 g/mol. The fourth-order valence-corrected chi connectivity index (χ4v) is 7.22. The van der Waals surface area contributed by atoms with Gasteiger partial charge in [-0.1, -0.05) is 146 Å². The van der Waals surface area contributed by atoms with Gasteiger partial charge in [-0.15, -0.1) is 0 Å². The highest BCUT2D eigenvalue weighted by molar-refractivity contribution is 6.17. The lowest BCUT2D eigenvalue weighted by atomic mass is 9.91. The Morgan fingerprint density at radius 1 is 0.314 bits per heavy atom. The van der Waals surface area contributed by atoms with Crippen molar-refractivity contribution in [2.24, 2.45) is 0 Å². The van der Waals surface area contributed by atoms with E-state index in [2.05, 4.69) is 115 Å². The molecule has 8 aromatic carbocycles. The maximum atomic E-state index is 6.80. The molecular formula is C47H29N3O. The van der Waals surface area contributed by atoms with Gasteiger partial charge in [0, 0.05) is 33.0 Å². The van der Waals surface area contributed by atoms with Gasteiger partial charge >= 0.3 is 0 Å². The molecule has 238 valence electrons. The SMILES string of the molecule is c1ccc(-c2cc(-c3ccc(-c4nc(-c5ccccc5)nc(-c5ccccc5)n4)c4ccccc34)c3oc4cc5ccccc5cc4c3c2)cc1. The number of hydrogen-bond donors (Lipinski definition) is 0. The zero-order valence-electron chi connectivity index (χ0n) is 27.5. The lowest BCUT2D eigenvalue weighted by Gasteiger charge is -2.14. The van der Waals surface area contributed by atoms with Crippen molar-refractivity contribution in [1.29, 1.82) is 0 Å². The molecule has 0 aliphatic carbocycles. The maximum absolute atomic E-state index is 6.80. The summed E-state index contributed by atoms with van der Waals surface area (Å²) in [4.78, 5) is 15.1. The molecule has 0 bridgehead atoms. The second-order valence-corrected chi connectivity index (χ2v) is 12.8. The third-order valence-corrected chi connectivity index (χ3v) is 9.70. The quantitative estimate of drug-likeness (QED) is 0.186. The fourth-order valence-electron chi connectivity index (χ4n) is 7.22. The monoisotopic (exact) mass is 651 g/mol. The summed E-state index contributed by atoms with van der Waals surface area (Å²) in [5.41, 5.74) is 9.00. The largest absolute Gasteiger partial charge is 0.455 e. The first kappa shape index (κ1) is 29.0. The van der Waals surface area contributed by atoms with E-state index in [9.17, 15) is 0 Å². The summed E-state index contributed by atoms with van der Waals surface area (Å²) in [5.74, 6) is 1.91. The molecule has 0 saturated heterocycles. The van der Waals surface area contributed by atoms with Gasteiger partial charge in [-0.05, 0) is 68.6 Å². The molecule has 0 radical (unpaired) electrons. The standard InChI is InChI=1S/C47H29N3O/c1-4-14-30(15-5-1)35-27-41(44-42(28-35)40-26-33-20-10-11-21-34(33)29-43(40)51-44)38-24-25-39(37-23-13-12-22-36(37)38)47-49-45(31-16-6-2-7-17-31)48-46(50-47)32-18-8-3-9-19-32/h1-29H. The van der Waals surface area contributed by atoms with Gasteiger partial charge in [0.1, 0.15) is 11.2 Å². The smallest absolute Gasteiger partial charge is 0.164 e. The van der Waals surface area contributed by atoms with E-state index in [4.69, 9.17) is 19.4 Å². The van der Waals surface area contributed by atoms with Gasteiger partial charge in [-0.3, -0.25) is 0 Å². The molecule has 0 aliphatic heterocycles. The Labute approximate surface area is 294 Å². The zero-order chi connectivity index (χ0) is 33.7. The third-order valence-electron chi connectivity index (χ3n) is 9.70. The first-order chi connectivity index (χ1) is 25.3. The molecule has 10 rings (SSSR count). The fraction of sp³-hybridized carbons (Fsp3) is 0. The number of aromatic nitrogens is 3. The minimum Gasteiger partial charge on any atom is -0.455 e. The number of nitrogens with zero attached hydrogens (tertiary/aromatic N) is 3. The van der Waals surface area contributed by atoms with Crippen LogP contribution in [0.3, 0.4) is 0 Å². The molecule has 0 atom stereocenters. The first-order valence-corrected chi connectivity index (χ1v) is 17.1. The minimum absolute atomic E-state index is 0.629. The second kappa shape index (κ2) is 11.9. The highest BCUT2D eigenvalue weighted by atomic mass is 16.3. The Hall–Kier alpha value is -6.91. The number of hydrogen-bond acceptors (Lipinski definition) is 4. The summed E-state index contributed by atoms with van der Waals surface area (Å²) < 4.78 is 6.80. The number of benzene rings is 8. The Bertz CT molecular complexity index is 2840. The molecule has 2 heterocycles. The van der Waals surface area contributed by atoms with Gasteiger partial charge < -0.3 is 4.42 Å². The maximum Gasteiger partial charge on any atom is 0.164 e. The Kier molecular flexibility index (Phi) is 6.78. The molecule has 0 spiro atoms. The molecule has 51 heavy (non-hydrogen) atoms. The van der Waals surface area contributed by atoms with Crippen LogP contribution in [0.1, 0.15) is 0 Å². The van der Waals surface area contributed by atoms with E-state index in [-0.39, 0.29) is 0 Å². The molecule has 4 heteroatoms. The predicted octanol–water partition coefficient (Wildman–Crippen LogP) is 12.4. The summed E-state index contributed by atoms with van der Waals surface area (Å²) in [6, 6.07) is 61.0. The highest BCUT2D eigenvalue weighted by Crippen LogP contribution is 2.44. The van der Waals surface area contributed by atoms with Crippen LogP contribution in [-0.4, -0.2) is 15.0 Å². The first-order valence-electron chi connectivity index (χ1n) is 17.1. The Morgan fingerprint density at radius 2 is 0.824 bits per heavy atom. The van der Waals surface area contributed by atoms with E-state index >= 15 is 0 Å². The van der Waals surface area contributed by atoms with Crippen molar-refractivity contribution in [3.8, 4) is 56.4 Å². The molecule has 0 aliphatic rings. The van der Waals surface area contributed by atoms with Crippen molar-refractivity contribution in [3.63, 3.8) is 0 Å². The van der Waals surface area contributed by atoms with E-state index in [1.165, 1.54) is 5.39 Å². The van der Waals surface area contributed by atoms with Crippen molar-refractivity contribution in [1.82, 2.24) is 15.0 Å². The van der Waals surface area contributed by atoms with Crippen molar-refractivity contribution >= 4 is 43.5 Å². The molecule has 0 fully saturated rings. The van der Waals surface area contributed by atoms with Crippen molar-refractivity contribution < 1.29 is 4.42 Å². The molecule has 4 nitrogen and oxygen atoms in total. The van der Waals surface area contributed by atoms with Crippen LogP contribution in [0.5, 0.6) is 0 Å². The van der Waals surface area contributed by atoms with Crippen LogP contribution in [-0.2, 0) is 0 Å². The number of furan rings is 1. The van der Waals surface area contributed by atoms with E-state index in [0.29, 0.717) is 17.5 Å². The second-order valence-electron chi connectivity index (χ2n) is 12.8. The van der Waals surface area contributed by atoms with Crippen molar-refractivity contribution in [2.45, 2.75) is 0 Å². The zero-order valence-corrected chi connectivity index (χ0v) is 27.5. The van der Waals surface area contributed by atoms with E-state index in [0.717, 1.165) is 77.0 Å². The van der Waals surface area contributed by atoms with Crippen molar-refractivity contribution in [3.05, 3.63) is 176 Å². The van der Waals surface area contributed by atoms with E-state index in [1.54, 1.807) is 0 Å². The summed E-state index contributed by atoms with van der Waals surface area (Å²) in [6.07, 6.45) is 0. The van der Waals surface area contributed by atoms with Crippen LogP contribution < -0.4 is 0 Å². The summed E-state index contributed by atoms with van der Waals surface area (Å²) in [6.45, 7) is 0. The van der Waals surface area contributed by atoms with Crippen LogP contribution >= 0.6 is 0 Å². The van der Waals surface area contributed by atoms with Gasteiger partial charge in [0.05, 0.1) is 0 Å². The predicted molar refractivity (Wildman–Crippen MR) is 209 cm³/mol. The third kappa shape index (κ3) is 5.04. The minimum atomic E-state index is 0.629. The Morgan fingerprint density at radius 3 is 1.47 bits per heavy atom. The van der Waals surface area contributed by atoms with Crippen LogP contribution in [0.2, 0.25) is 0 Å². The lowest BCUT2D eigenvalue weighted by molar-refractivity contribution is 0.670. The summed E-state index contributed by atoms with van der Waals surface area (Å²) in [5, 5.41) is 6.70. The lowest BCUT2D eigenvalue weighted by Crippen LogP contribution is -2.00. The van der Waals surface area contributed by atoms with Gasteiger partial charge in [-0.25, -0.2) is 15.0 Å². The summed E-state index contributed by atoms with van der Waals surface area (Å²) in [7, 11) is 0. The van der Waals surface area contributed by atoms with Gasteiger partial charge in [-0.2, -0.15) is 0 Å². The van der Waals surface area contributed by atoms with Crippen LogP contribution in [0.4, 0.5) is 0 Å². The van der Waals surface area contributed by atoms with E-state index < -0.39 is 0 Å². The molecule has 0 unspecified atom stereocenters. The van der Waals surface area contributed by atoms with Crippen LogP contribution in [0.25, 0.3) is 99.9 Å². The van der Waals surface area contributed by atoms with Gasteiger partial charge in [0.25, 0.3) is 0 Å².